The number of aromatic nitrogens is 2. The quantitative estimate of drug-likeness (QED) is 0.695. The standard InChI is InChI=1S/C18H14N4O.CH2O2/c19-11-13-4-6-14(7-5-13)15-2-1-3-16(10-15)23-18-8-9-21-17(12-20)22-18;2-1-3/h1-10H,11,19H2;1H,(H,2,3). The first-order chi connectivity index (χ1) is 12.7. The van der Waals surface area contributed by atoms with E-state index >= 15 is 0 Å². The summed E-state index contributed by atoms with van der Waals surface area (Å²) in [6.07, 6.45) is 1.50. The Hall–Kier alpha value is -3.76. The van der Waals surface area contributed by atoms with Gasteiger partial charge in [-0.15, -0.1) is 0 Å². The molecule has 0 aliphatic carbocycles. The Balaban J connectivity index is 0.000000758. The molecule has 3 N–H and O–H groups in total. The van der Waals surface area contributed by atoms with Crippen LogP contribution < -0.4 is 10.5 Å². The summed E-state index contributed by atoms with van der Waals surface area (Å²) in [5.41, 5.74) is 8.81. The van der Waals surface area contributed by atoms with Crippen molar-refractivity contribution in [3.05, 3.63) is 72.2 Å². The minimum absolute atomic E-state index is 0.0797. The molecule has 0 radical (unpaired) electrons. The predicted octanol–water partition coefficient (Wildman–Crippen LogP) is 2.97. The zero-order valence-corrected chi connectivity index (χ0v) is 13.7. The molecular formula is C19H16N4O3. The van der Waals surface area contributed by atoms with Crippen molar-refractivity contribution in [1.82, 2.24) is 9.97 Å². The van der Waals surface area contributed by atoms with Crippen LogP contribution in [0.25, 0.3) is 11.1 Å². The molecule has 7 nitrogen and oxygen atoms in total. The normalized spacial score (nSPS) is 9.38. The maximum Gasteiger partial charge on any atom is 0.290 e. The van der Waals surface area contributed by atoms with Crippen molar-refractivity contribution in [3.8, 4) is 28.8 Å². The van der Waals surface area contributed by atoms with Crippen molar-refractivity contribution in [1.29, 1.82) is 5.26 Å². The lowest BCUT2D eigenvalue weighted by atomic mass is 10.0. The molecule has 0 fully saturated rings. The van der Waals surface area contributed by atoms with Gasteiger partial charge in [-0.05, 0) is 28.8 Å². The van der Waals surface area contributed by atoms with Crippen molar-refractivity contribution in [2.24, 2.45) is 5.73 Å². The Morgan fingerprint density at radius 1 is 1.15 bits per heavy atom. The van der Waals surface area contributed by atoms with E-state index in [1.54, 1.807) is 6.07 Å². The number of nitrogens with zero attached hydrogens (tertiary/aromatic N) is 3. The van der Waals surface area contributed by atoms with E-state index in [1.165, 1.54) is 6.20 Å². The van der Waals surface area contributed by atoms with Crippen LogP contribution in [0.15, 0.2) is 60.8 Å². The molecule has 3 rings (SSSR count). The number of rotatable bonds is 4. The molecule has 0 saturated carbocycles. The fraction of sp³-hybridized carbons (Fsp3) is 0.0526. The Kier molecular flexibility index (Phi) is 6.80. The number of carbonyl (C=O) groups is 1. The molecule has 0 bridgehead atoms. The molecule has 130 valence electrons. The third kappa shape index (κ3) is 5.12. The van der Waals surface area contributed by atoms with Gasteiger partial charge in [-0.1, -0.05) is 36.4 Å². The molecule has 0 aliphatic heterocycles. The molecule has 0 spiro atoms. The molecule has 0 unspecified atom stereocenters. The molecule has 1 heterocycles. The molecule has 26 heavy (non-hydrogen) atoms. The number of hydrogen-bond donors (Lipinski definition) is 2. The first kappa shape index (κ1) is 18.6. The summed E-state index contributed by atoms with van der Waals surface area (Å²) in [7, 11) is 0. The van der Waals surface area contributed by atoms with Crippen LogP contribution in [0, 0.1) is 11.3 Å². The molecule has 1 aromatic heterocycles. The maximum absolute atomic E-state index is 8.82. The molecule has 7 heteroatoms. The van der Waals surface area contributed by atoms with Gasteiger partial charge in [0, 0.05) is 18.8 Å². The highest BCUT2D eigenvalue weighted by molar-refractivity contribution is 5.65. The summed E-state index contributed by atoms with van der Waals surface area (Å²) in [4.78, 5) is 16.2. The Labute approximate surface area is 150 Å². The molecule has 0 amide bonds. The first-order valence-corrected chi connectivity index (χ1v) is 7.58. The van der Waals surface area contributed by atoms with E-state index in [9.17, 15) is 0 Å². The second-order valence-electron chi connectivity index (χ2n) is 4.97. The third-order valence-corrected chi connectivity index (χ3v) is 3.31. The third-order valence-electron chi connectivity index (χ3n) is 3.31. The van der Waals surface area contributed by atoms with Crippen molar-refractivity contribution >= 4 is 6.47 Å². The van der Waals surface area contributed by atoms with Crippen molar-refractivity contribution in [2.75, 3.05) is 0 Å². The Morgan fingerprint density at radius 2 is 1.88 bits per heavy atom. The number of carboxylic acid groups (broad SMARTS) is 1. The van der Waals surface area contributed by atoms with E-state index in [2.05, 4.69) is 9.97 Å². The Morgan fingerprint density at radius 3 is 2.54 bits per heavy atom. The van der Waals surface area contributed by atoms with Crippen LogP contribution in [0.3, 0.4) is 0 Å². The second kappa shape index (κ2) is 9.52. The van der Waals surface area contributed by atoms with Crippen LogP contribution in [0.4, 0.5) is 0 Å². The summed E-state index contributed by atoms with van der Waals surface area (Å²) in [6, 6.07) is 19.2. The number of nitrogens with two attached hydrogens (primary N) is 1. The van der Waals surface area contributed by atoms with E-state index in [0.717, 1.165) is 16.7 Å². The van der Waals surface area contributed by atoms with Crippen LogP contribution >= 0.6 is 0 Å². The number of nitriles is 1. The average Bonchev–Trinajstić information content (AvgIpc) is 2.69. The number of hydrogen-bond acceptors (Lipinski definition) is 6. The van der Waals surface area contributed by atoms with Gasteiger partial charge in [-0.3, -0.25) is 4.79 Å². The van der Waals surface area contributed by atoms with E-state index in [1.807, 2.05) is 54.6 Å². The number of benzene rings is 2. The number of ether oxygens (including phenoxy) is 1. The lowest BCUT2D eigenvalue weighted by Gasteiger charge is -2.07. The Bertz CT molecular complexity index is 905. The van der Waals surface area contributed by atoms with Gasteiger partial charge >= 0.3 is 0 Å². The van der Waals surface area contributed by atoms with E-state index in [4.69, 9.17) is 25.6 Å². The first-order valence-electron chi connectivity index (χ1n) is 7.58. The molecule has 0 saturated heterocycles. The molecule has 0 aliphatic rings. The van der Waals surface area contributed by atoms with Gasteiger partial charge in [0.15, 0.2) is 0 Å². The van der Waals surface area contributed by atoms with E-state index < -0.39 is 0 Å². The van der Waals surface area contributed by atoms with Crippen molar-refractivity contribution < 1.29 is 14.6 Å². The van der Waals surface area contributed by atoms with Gasteiger partial charge in [-0.2, -0.15) is 10.2 Å². The highest BCUT2D eigenvalue weighted by Crippen LogP contribution is 2.26. The van der Waals surface area contributed by atoms with Gasteiger partial charge in [-0.25, -0.2) is 4.98 Å². The molecule has 2 aromatic carbocycles. The predicted molar refractivity (Wildman–Crippen MR) is 95.3 cm³/mol. The maximum atomic E-state index is 8.82. The molecular weight excluding hydrogens is 332 g/mol. The minimum atomic E-state index is -0.250. The summed E-state index contributed by atoms with van der Waals surface area (Å²) in [5.74, 6) is 1.07. The van der Waals surface area contributed by atoms with Crippen molar-refractivity contribution in [3.63, 3.8) is 0 Å². The fourth-order valence-corrected chi connectivity index (χ4v) is 2.15. The van der Waals surface area contributed by atoms with E-state index in [-0.39, 0.29) is 12.3 Å². The van der Waals surface area contributed by atoms with Gasteiger partial charge in [0.1, 0.15) is 11.8 Å². The van der Waals surface area contributed by atoms with Crippen LogP contribution in [0.1, 0.15) is 11.4 Å². The minimum Gasteiger partial charge on any atom is -0.483 e. The topological polar surface area (TPSA) is 122 Å². The zero-order valence-electron chi connectivity index (χ0n) is 13.7. The van der Waals surface area contributed by atoms with Crippen LogP contribution in [-0.4, -0.2) is 21.5 Å². The molecule has 0 atom stereocenters. The molecule has 3 aromatic rings. The van der Waals surface area contributed by atoms with Gasteiger partial charge in [0.2, 0.25) is 11.7 Å². The summed E-state index contributed by atoms with van der Waals surface area (Å²) in [6.45, 7) is 0.276. The zero-order chi connectivity index (χ0) is 18.8. The highest BCUT2D eigenvalue weighted by atomic mass is 16.5. The van der Waals surface area contributed by atoms with Crippen LogP contribution in [0.5, 0.6) is 11.6 Å². The van der Waals surface area contributed by atoms with Gasteiger partial charge in [0.05, 0.1) is 0 Å². The van der Waals surface area contributed by atoms with Gasteiger partial charge < -0.3 is 15.6 Å². The van der Waals surface area contributed by atoms with Crippen LogP contribution in [-0.2, 0) is 11.3 Å². The summed E-state index contributed by atoms with van der Waals surface area (Å²) >= 11 is 0. The van der Waals surface area contributed by atoms with Crippen LogP contribution in [0.2, 0.25) is 0 Å². The largest absolute Gasteiger partial charge is 0.483 e. The summed E-state index contributed by atoms with van der Waals surface area (Å²) < 4.78 is 5.71. The van der Waals surface area contributed by atoms with Crippen molar-refractivity contribution in [2.45, 2.75) is 6.54 Å². The van der Waals surface area contributed by atoms with E-state index in [0.29, 0.717) is 18.2 Å². The average molecular weight is 348 g/mol. The highest BCUT2D eigenvalue weighted by Gasteiger charge is 2.04. The lowest BCUT2D eigenvalue weighted by Crippen LogP contribution is -1.95. The lowest BCUT2D eigenvalue weighted by molar-refractivity contribution is -0.122. The van der Waals surface area contributed by atoms with Gasteiger partial charge in [0.25, 0.3) is 6.47 Å². The summed E-state index contributed by atoms with van der Waals surface area (Å²) in [5, 5.41) is 15.7. The fourth-order valence-electron chi connectivity index (χ4n) is 2.15. The SMILES string of the molecule is N#Cc1nccc(Oc2cccc(-c3ccc(CN)cc3)c2)n1.O=CO. The second-order valence-corrected chi connectivity index (χ2v) is 4.97. The smallest absolute Gasteiger partial charge is 0.290 e. The monoisotopic (exact) mass is 348 g/mol.